The number of likely N-dealkylation sites (tertiary alicyclic amines) is 1. The zero-order valence-electron chi connectivity index (χ0n) is 17.2. The van der Waals surface area contributed by atoms with Crippen LogP contribution < -0.4 is 0 Å². The lowest BCUT2D eigenvalue weighted by Crippen LogP contribution is -2.37. The summed E-state index contributed by atoms with van der Waals surface area (Å²) in [4.78, 5) is 29.8. The summed E-state index contributed by atoms with van der Waals surface area (Å²) in [6, 6.07) is 4.60. The van der Waals surface area contributed by atoms with Crippen LogP contribution in [0.2, 0.25) is 0 Å². The first-order valence-corrected chi connectivity index (χ1v) is 10.2. The van der Waals surface area contributed by atoms with Crippen molar-refractivity contribution in [1.82, 2.24) is 15.0 Å². The maximum Gasteiger partial charge on any atom is 0.416 e. The normalized spacial score (nSPS) is 15.2. The highest BCUT2D eigenvalue weighted by Gasteiger charge is 2.31. The standard InChI is InChI=1S/C21H24F3N3O4/c1-2-30-18(29)5-3-4-17(28)27-12-10-15(11-13-27)20-25-19(26-31-20)14-6-8-16(9-7-14)21(22,23)24/h6-9,15H,2-5,10-13H2,1H3. The van der Waals surface area contributed by atoms with Crippen molar-refractivity contribution in [2.45, 2.75) is 51.1 Å². The molecule has 0 aliphatic carbocycles. The van der Waals surface area contributed by atoms with E-state index in [-0.39, 0.29) is 30.0 Å². The zero-order valence-corrected chi connectivity index (χ0v) is 17.2. The summed E-state index contributed by atoms with van der Waals surface area (Å²) in [5, 5.41) is 3.89. The molecule has 1 saturated heterocycles. The van der Waals surface area contributed by atoms with E-state index in [1.165, 1.54) is 12.1 Å². The van der Waals surface area contributed by atoms with Crippen molar-refractivity contribution in [2.24, 2.45) is 0 Å². The van der Waals surface area contributed by atoms with Crippen LogP contribution in [-0.2, 0) is 20.5 Å². The largest absolute Gasteiger partial charge is 0.466 e. The van der Waals surface area contributed by atoms with Gasteiger partial charge < -0.3 is 14.2 Å². The molecule has 0 N–H and O–H groups in total. The first kappa shape index (κ1) is 22.8. The molecule has 1 amide bonds. The second-order valence-electron chi connectivity index (χ2n) is 7.34. The summed E-state index contributed by atoms with van der Waals surface area (Å²) in [5.74, 6) is 0.345. The number of amides is 1. The van der Waals surface area contributed by atoms with Crippen LogP contribution in [0.5, 0.6) is 0 Å². The average Bonchev–Trinajstić information content (AvgIpc) is 3.24. The summed E-state index contributed by atoms with van der Waals surface area (Å²) in [6.07, 6.45) is -2.12. The Morgan fingerprint density at radius 1 is 1.16 bits per heavy atom. The quantitative estimate of drug-likeness (QED) is 0.602. The van der Waals surface area contributed by atoms with E-state index >= 15 is 0 Å². The minimum Gasteiger partial charge on any atom is -0.466 e. The van der Waals surface area contributed by atoms with E-state index < -0.39 is 11.7 Å². The number of ether oxygens (including phenoxy) is 1. The summed E-state index contributed by atoms with van der Waals surface area (Å²) in [7, 11) is 0. The van der Waals surface area contributed by atoms with Gasteiger partial charge in [0.05, 0.1) is 12.2 Å². The lowest BCUT2D eigenvalue weighted by Gasteiger charge is -2.30. The van der Waals surface area contributed by atoms with E-state index in [0.29, 0.717) is 56.8 Å². The van der Waals surface area contributed by atoms with Crippen molar-refractivity contribution in [2.75, 3.05) is 19.7 Å². The van der Waals surface area contributed by atoms with Gasteiger partial charge in [-0.3, -0.25) is 9.59 Å². The number of esters is 1. The lowest BCUT2D eigenvalue weighted by molar-refractivity contribution is -0.143. The minimum absolute atomic E-state index is 0.00118. The molecule has 0 spiro atoms. The van der Waals surface area contributed by atoms with E-state index in [4.69, 9.17) is 9.26 Å². The van der Waals surface area contributed by atoms with Crippen molar-refractivity contribution in [1.29, 1.82) is 0 Å². The number of hydrogen-bond donors (Lipinski definition) is 0. The number of halogens is 3. The summed E-state index contributed by atoms with van der Waals surface area (Å²) in [5.41, 5.74) is -0.295. The molecular formula is C21H24F3N3O4. The third-order valence-corrected chi connectivity index (χ3v) is 5.19. The van der Waals surface area contributed by atoms with Crippen molar-refractivity contribution in [3.63, 3.8) is 0 Å². The molecule has 3 rings (SSSR count). The molecule has 0 saturated carbocycles. The van der Waals surface area contributed by atoms with Crippen LogP contribution in [0.3, 0.4) is 0 Å². The van der Waals surface area contributed by atoms with Gasteiger partial charge in [-0.1, -0.05) is 17.3 Å². The molecule has 1 fully saturated rings. The topological polar surface area (TPSA) is 85.5 Å². The van der Waals surface area contributed by atoms with Crippen LogP contribution in [0.25, 0.3) is 11.4 Å². The molecular weight excluding hydrogens is 415 g/mol. The van der Waals surface area contributed by atoms with Gasteiger partial charge in [0.2, 0.25) is 17.6 Å². The van der Waals surface area contributed by atoms with Gasteiger partial charge in [0.25, 0.3) is 0 Å². The molecule has 0 bridgehead atoms. The monoisotopic (exact) mass is 439 g/mol. The molecule has 1 aromatic heterocycles. The number of rotatable bonds is 7. The molecule has 1 aromatic carbocycles. The summed E-state index contributed by atoms with van der Waals surface area (Å²) >= 11 is 0. The first-order valence-electron chi connectivity index (χ1n) is 10.2. The molecule has 168 valence electrons. The fraction of sp³-hybridized carbons (Fsp3) is 0.524. The predicted molar refractivity (Wildman–Crippen MR) is 104 cm³/mol. The van der Waals surface area contributed by atoms with Gasteiger partial charge in [-0.15, -0.1) is 0 Å². The SMILES string of the molecule is CCOC(=O)CCCC(=O)N1CCC(c2nc(-c3ccc(C(F)(F)F)cc3)no2)CC1. The van der Waals surface area contributed by atoms with Crippen LogP contribution in [0.4, 0.5) is 13.2 Å². The number of hydrogen-bond acceptors (Lipinski definition) is 6. The van der Waals surface area contributed by atoms with Gasteiger partial charge in [-0.25, -0.2) is 0 Å². The number of aromatic nitrogens is 2. The second kappa shape index (κ2) is 9.93. The highest BCUT2D eigenvalue weighted by molar-refractivity contribution is 5.77. The van der Waals surface area contributed by atoms with Crippen molar-refractivity contribution >= 4 is 11.9 Å². The Morgan fingerprint density at radius 2 is 1.84 bits per heavy atom. The van der Waals surface area contributed by atoms with Crippen molar-refractivity contribution in [3.8, 4) is 11.4 Å². The molecule has 2 heterocycles. The highest BCUT2D eigenvalue weighted by Crippen LogP contribution is 2.32. The number of nitrogens with zero attached hydrogens (tertiary/aromatic N) is 3. The fourth-order valence-electron chi connectivity index (χ4n) is 3.48. The second-order valence-corrected chi connectivity index (χ2v) is 7.34. The molecule has 0 unspecified atom stereocenters. The Kier molecular flexibility index (Phi) is 7.29. The number of benzene rings is 1. The molecule has 2 aromatic rings. The van der Waals surface area contributed by atoms with Gasteiger partial charge in [0.15, 0.2) is 0 Å². The van der Waals surface area contributed by atoms with Gasteiger partial charge in [0.1, 0.15) is 0 Å². The molecule has 10 heteroatoms. The maximum atomic E-state index is 12.7. The van der Waals surface area contributed by atoms with Gasteiger partial charge in [-0.2, -0.15) is 18.2 Å². The average molecular weight is 439 g/mol. The van der Waals surface area contributed by atoms with E-state index in [9.17, 15) is 22.8 Å². The van der Waals surface area contributed by atoms with Crippen molar-refractivity contribution in [3.05, 3.63) is 35.7 Å². The molecule has 31 heavy (non-hydrogen) atoms. The minimum atomic E-state index is -4.40. The summed E-state index contributed by atoms with van der Waals surface area (Å²) < 4.78 is 48.3. The number of alkyl halides is 3. The van der Waals surface area contributed by atoms with Gasteiger partial charge in [0, 0.05) is 37.4 Å². The lowest BCUT2D eigenvalue weighted by atomic mass is 9.96. The third kappa shape index (κ3) is 6.05. The molecule has 1 aliphatic heterocycles. The number of carbonyl (C=O) groups excluding carboxylic acids is 2. The van der Waals surface area contributed by atoms with Gasteiger partial charge in [-0.05, 0) is 38.3 Å². The van der Waals surface area contributed by atoms with E-state index in [2.05, 4.69) is 10.1 Å². The van der Waals surface area contributed by atoms with Crippen LogP contribution in [0.1, 0.15) is 56.4 Å². The van der Waals surface area contributed by atoms with Crippen LogP contribution >= 0.6 is 0 Å². The zero-order chi connectivity index (χ0) is 22.4. The number of piperidine rings is 1. The summed E-state index contributed by atoms with van der Waals surface area (Å²) in [6.45, 7) is 3.15. The van der Waals surface area contributed by atoms with Crippen LogP contribution in [0.15, 0.2) is 28.8 Å². The van der Waals surface area contributed by atoms with Crippen molar-refractivity contribution < 1.29 is 32.0 Å². The Labute approximate surface area is 177 Å². The van der Waals surface area contributed by atoms with Gasteiger partial charge >= 0.3 is 12.1 Å². The predicted octanol–water partition coefficient (Wildman–Crippen LogP) is 4.19. The van der Waals surface area contributed by atoms with E-state index in [1.807, 2.05) is 0 Å². The Morgan fingerprint density at radius 3 is 2.45 bits per heavy atom. The van der Waals surface area contributed by atoms with E-state index in [0.717, 1.165) is 12.1 Å². The van der Waals surface area contributed by atoms with E-state index in [1.54, 1.807) is 11.8 Å². The molecule has 0 radical (unpaired) electrons. The van der Waals surface area contributed by atoms with Crippen LogP contribution in [0, 0.1) is 0 Å². The molecule has 1 aliphatic rings. The Hall–Kier alpha value is -2.91. The molecule has 7 nitrogen and oxygen atoms in total. The third-order valence-electron chi connectivity index (χ3n) is 5.19. The Balaban J connectivity index is 1.50. The fourth-order valence-corrected chi connectivity index (χ4v) is 3.48. The first-order chi connectivity index (χ1) is 14.8. The Bertz CT molecular complexity index is 888. The highest BCUT2D eigenvalue weighted by atomic mass is 19.4. The molecule has 0 atom stereocenters. The maximum absolute atomic E-state index is 12.7. The smallest absolute Gasteiger partial charge is 0.416 e. The number of carbonyl (C=O) groups is 2. The van der Waals surface area contributed by atoms with Crippen LogP contribution in [-0.4, -0.2) is 46.6 Å².